The van der Waals surface area contributed by atoms with E-state index < -0.39 is 12.0 Å². The third-order valence-corrected chi connectivity index (χ3v) is 2.06. The number of nitrogens with zero attached hydrogens (tertiary/aromatic N) is 2. The van der Waals surface area contributed by atoms with Crippen molar-refractivity contribution in [1.29, 1.82) is 0 Å². The lowest BCUT2D eigenvalue weighted by atomic mass is 10.2. The van der Waals surface area contributed by atoms with E-state index in [-0.39, 0.29) is 11.6 Å². The van der Waals surface area contributed by atoms with E-state index in [9.17, 15) is 4.79 Å². The maximum Gasteiger partial charge on any atom is 0.320 e. The van der Waals surface area contributed by atoms with Crippen LogP contribution < -0.4 is 22.5 Å². The smallest absolute Gasteiger partial charge is 0.320 e. The van der Waals surface area contributed by atoms with Crippen LogP contribution >= 0.6 is 0 Å². The third-order valence-electron chi connectivity index (χ3n) is 2.06. The fourth-order valence-electron chi connectivity index (χ4n) is 1.21. The number of nitrogen functional groups attached to an aromatic ring is 2. The maximum atomic E-state index is 10.4. The Hall–Kier alpha value is -2.09. The number of anilines is 3. The van der Waals surface area contributed by atoms with Gasteiger partial charge in [-0.15, -0.1) is 0 Å². The second kappa shape index (κ2) is 5.85. The lowest BCUT2D eigenvalue weighted by molar-refractivity contribution is -0.138. The van der Waals surface area contributed by atoms with Gasteiger partial charge < -0.3 is 27.6 Å². The Labute approximate surface area is 98.2 Å². The summed E-state index contributed by atoms with van der Waals surface area (Å²) < 4.78 is 0. The van der Waals surface area contributed by atoms with Crippen LogP contribution in [0.15, 0.2) is 6.07 Å². The van der Waals surface area contributed by atoms with Gasteiger partial charge in [-0.25, -0.2) is 0 Å². The van der Waals surface area contributed by atoms with E-state index in [4.69, 9.17) is 22.3 Å². The molecule has 0 aliphatic carbocycles. The van der Waals surface area contributed by atoms with E-state index in [0.717, 1.165) is 0 Å². The van der Waals surface area contributed by atoms with E-state index in [0.29, 0.717) is 25.3 Å². The van der Waals surface area contributed by atoms with Crippen molar-refractivity contribution in [3.8, 4) is 0 Å². The summed E-state index contributed by atoms with van der Waals surface area (Å²) in [6.07, 6.45) is 0.964. The molecular weight excluding hydrogens is 224 g/mol. The largest absolute Gasteiger partial charge is 0.480 e. The number of aliphatic carboxylic acids is 1. The van der Waals surface area contributed by atoms with Gasteiger partial charge >= 0.3 is 5.97 Å². The molecular formula is C9H16N6O2. The van der Waals surface area contributed by atoms with Crippen LogP contribution in [0.1, 0.15) is 12.8 Å². The summed E-state index contributed by atoms with van der Waals surface area (Å²) in [6.45, 7) is 0.504. The molecule has 0 aliphatic heterocycles. The van der Waals surface area contributed by atoms with Gasteiger partial charge in [0, 0.05) is 12.6 Å². The fourth-order valence-corrected chi connectivity index (χ4v) is 1.21. The standard InChI is InChI=1S/C9H16N6O2/c10-5(8(16)17)2-1-3-13-9-14-6(11)4-7(12)15-9/h4-5H,1-3,10H2,(H,16,17)(H5,11,12,13,14,15)/t5-/m1/s1. The number of hydrogen-bond donors (Lipinski definition) is 5. The first-order valence-electron chi connectivity index (χ1n) is 5.11. The molecule has 8 N–H and O–H groups in total. The first-order chi connectivity index (χ1) is 7.99. The van der Waals surface area contributed by atoms with Crippen molar-refractivity contribution >= 4 is 23.6 Å². The van der Waals surface area contributed by atoms with Crippen LogP contribution in [-0.4, -0.2) is 33.6 Å². The van der Waals surface area contributed by atoms with Gasteiger partial charge in [-0.1, -0.05) is 0 Å². The second-order valence-electron chi connectivity index (χ2n) is 3.56. The minimum atomic E-state index is -1.01. The Balaban J connectivity index is 2.33. The number of nitrogens with one attached hydrogen (secondary N) is 1. The van der Waals surface area contributed by atoms with Crippen molar-refractivity contribution < 1.29 is 9.90 Å². The molecule has 0 aliphatic rings. The zero-order valence-electron chi connectivity index (χ0n) is 9.26. The average molecular weight is 240 g/mol. The minimum Gasteiger partial charge on any atom is -0.480 e. The van der Waals surface area contributed by atoms with Crippen LogP contribution in [0.2, 0.25) is 0 Å². The van der Waals surface area contributed by atoms with Crippen LogP contribution in [0.5, 0.6) is 0 Å². The summed E-state index contributed by atoms with van der Waals surface area (Å²) in [5, 5.41) is 11.5. The number of carboxylic acids is 1. The summed E-state index contributed by atoms with van der Waals surface area (Å²) in [5.74, 6) is -0.120. The van der Waals surface area contributed by atoms with Gasteiger partial charge in [0.2, 0.25) is 5.95 Å². The predicted octanol–water partition coefficient (Wildman–Crippen LogP) is -0.755. The molecule has 1 atom stereocenters. The van der Waals surface area contributed by atoms with Crippen LogP contribution in [0.4, 0.5) is 17.6 Å². The number of carbonyl (C=O) groups is 1. The highest BCUT2D eigenvalue weighted by Gasteiger charge is 2.10. The first kappa shape index (κ1) is 13.0. The predicted molar refractivity (Wildman–Crippen MR) is 64.2 cm³/mol. The van der Waals surface area contributed by atoms with Crippen molar-refractivity contribution in [1.82, 2.24) is 9.97 Å². The van der Waals surface area contributed by atoms with Crippen molar-refractivity contribution in [2.45, 2.75) is 18.9 Å². The summed E-state index contributed by atoms with van der Waals surface area (Å²) in [6, 6.07) is 0.606. The van der Waals surface area contributed by atoms with Crippen LogP contribution in [-0.2, 0) is 4.79 Å². The van der Waals surface area contributed by atoms with Crippen LogP contribution in [0, 0.1) is 0 Å². The molecule has 1 heterocycles. The SMILES string of the molecule is Nc1cc(N)nc(NCCC[C@@H](N)C(=O)O)n1. The molecule has 0 radical (unpaired) electrons. The molecule has 0 fully saturated rings. The van der Waals surface area contributed by atoms with Crippen molar-refractivity contribution in [2.75, 3.05) is 23.3 Å². The van der Waals surface area contributed by atoms with E-state index in [1.807, 2.05) is 0 Å². The highest BCUT2D eigenvalue weighted by atomic mass is 16.4. The zero-order chi connectivity index (χ0) is 12.8. The molecule has 8 nitrogen and oxygen atoms in total. The molecule has 1 rings (SSSR count). The van der Waals surface area contributed by atoms with E-state index in [1.54, 1.807) is 0 Å². The molecule has 0 unspecified atom stereocenters. The highest BCUT2D eigenvalue weighted by Crippen LogP contribution is 2.08. The molecule has 17 heavy (non-hydrogen) atoms. The van der Waals surface area contributed by atoms with Gasteiger partial charge in [-0.05, 0) is 12.8 Å². The molecule has 8 heteroatoms. The normalized spacial score (nSPS) is 12.1. The zero-order valence-corrected chi connectivity index (χ0v) is 9.26. The molecule has 1 aromatic heterocycles. The second-order valence-corrected chi connectivity index (χ2v) is 3.56. The molecule has 1 aromatic rings. The number of hydrogen-bond acceptors (Lipinski definition) is 7. The van der Waals surface area contributed by atoms with Crippen LogP contribution in [0.25, 0.3) is 0 Å². The quantitative estimate of drug-likeness (QED) is 0.407. The minimum absolute atomic E-state index is 0.280. The molecule has 0 amide bonds. The van der Waals surface area contributed by atoms with E-state index in [2.05, 4.69) is 15.3 Å². The third kappa shape index (κ3) is 4.51. The molecule has 0 saturated carbocycles. The summed E-state index contributed by atoms with van der Waals surface area (Å²) in [4.78, 5) is 18.3. The Bertz CT molecular complexity index is 377. The fraction of sp³-hybridized carbons (Fsp3) is 0.444. The van der Waals surface area contributed by atoms with Gasteiger partial charge in [0.1, 0.15) is 17.7 Å². The number of aromatic nitrogens is 2. The first-order valence-corrected chi connectivity index (χ1v) is 5.11. The van der Waals surface area contributed by atoms with Crippen LogP contribution in [0.3, 0.4) is 0 Å². The summed E-state index contributed by atoms with van der Waals surface area (Å²) in [7, 11) is 0. The number of rotatable bonds is 6. The van der Waals surface area contributed by atoms with E-state index in [1.165, 1.54) is 6.07 Å². The topological polar surface area (TPSA) is 153 Å². The lowest BCUT2D eigenvalue weighted by Crippen LogP contribution is -2.30. The Kier molecular flexibility index (Phi) is 4.46. The van der Waals surface area contributed by atoms with Crippen molar-refractivity contribution in [3.63, 3.8) is 0 Å². The van der Waals surface area contributed by atoms with Crippen molar-refractivity contribution in [2.24, 2.45) is 5.73 Å². The molecule has 0 saturated heterocycles. The van der Waals surface area contributed by atoms with Gasteiger partial charge in [0.05, 0.1) is 0 Å². The molecule has 0 bridgehead atoms. The number of carboxylic acid groups (broad SMARTS) is 1. The van der Waals surface area contributed by atoms with Gasteiger partial charge in [-0.2, -0.15) is 9.97 Å². The van der Waals surface area contributed by atoms with Gasteiger partial charge in [0.15, 0.2) is 0 Å². The monoisotopic (exact) mass is 240 g/mol. The van der Waals surface area contributed by atoms with Gasteiger partial charge in [0.25, 0.3) is 0 Å². The lowest BCUT2D eigenvalue weighted by Gasteiger charge is -2.08. The highest BCUT2D eigenvalue weighted by molar-refractivity contribution is 5.72. The Morgan fingerprint density at radius 1 is 1.41 bits per heavy atom. The molecule has 0 aromatic carbocycles. The Morgan fingerprint density at radius 2 is 2.00 bits per heavy atom. The molecule has 0 spiro atoms. The van der Waals surface area contributed by atoms with Gasteiger partial charge in [-0.3, -0.25) is 4.79 Å². The van der Waals surface area contributed by atoms with Crippen molar-refractivity contribution in [3.05, 3.63) is 6.07 Å². The summed E-state index contributed by atoms with van der Waals surface area (Å²) in [5.41, 5.74) is 16.3. The maximum absolute atomic E-state index is 10.4. The number of nitrogens with two attached hydrogens (primary N) is 3. The average Bonchev–Trinajstić information content (AvgIpc) is 2.22. The Morgan fingerprint density at radius 3 is 2.53 bits per heavy atom. The molecule has 94 valence electrons. The van der Waals surface area contributed by atoms with E-state index >= 15 is 0 Å². The summed E-state index contributed by atoms with van der Waals surface area (Å²) >= 11 is 0.